The van der Waals surface area contributed by atoms with Crippen LogP contribution in [0.15, 0.2) is 57.7 Å². The average molecular weight is 328 g/mol. The van der Waals surface area contributed by atoms with Crippen molar-refractivity contribution in [1.29, 1.82) is 0 Å². The summed E-state index contributed by atoms with van der Waals surface area (Å²) in [5, 5.41) is 5.05. The van der Waals surface area contributed by atoms with Gasteiger partial charge in [0.05, 0.1) is 0 Å². The van der Waals surface area contributed by atoms with Crippen LogP contribution in [0.5, 0.6) is 0 Å². The van der Waals surface area contributed by atoms with Crippen LogP contribution in [0.4, 0.5) is 0 Å². The van der Waals surface area contributed by atoms with Crippen molar-refractivity contribution in [1.82, 2.24) is 5.32 Å². The standard InChI is InChI=1S/C19H18ClNO2/c1-2-13-6-7-17-15(10-19(22)23-18(17)9-13)12-21-11-14-4-3-5-16(20)8-14/h3-10,21H,2,11-12H2,1H3. The van der Waals surface area contributed by atoms with E-state index >= 15 is 0 Å². The summed E-state index contributed by atoms with van der Waals surface area (Å²) < 4.78 is 5.32. The highest BCUT2D eigenvalue weighted by molar-refractivity contribution is 6.30. The molecule has 1 aromatic heterocycles. The molecule has 118 valence electrons. The molecule has 0 atom stereocenters. The lowest BCUT2D eigenvalue weighted by Gasteiger charge is -2.08. The number of aryl methyl sites for hydroxylation is 1. The number of hydrogen-bond acceptors (Lipinski definition) is 3. The van der Waals surface area contributed by atoms with E-state index in [2.05, 4.69) is 18.3 Å². The second-order valence-corrected chi connectivity index (χ2v) is 5.94. The van der Waals surface area contributed by atoms with Gasteiger partial charge in [0.2, 0.25) is 0 Å². The summed E-state index contributed by atoms with van der Waals surface area (Å²) in [5.74, 6) is 0. The highest BCUT2D eigenvalue weighted by Crippen LogP contribution is 2.19. The summed E-state index contributed by atoms with van der Waals surface area (Å²) in [6, 6.07) is 15.3. The Morgan fingerprint density at radius 1 is 1.04 bits per heavy atom. The van der Waals surface area contributed by atoms with Crippen LogP contribution in [-0.2, 0) is 19.5 Å². The Morgan fingerprint density at radius 3 is 2.70 bits per heavy atom. The summed E-state index contributed by atoms with van der Waals surface area (Å²) >= 11 is 5.99. The third-order valence-electron chi connectivity index (χ3n) is 3.84. The van der Waals surface area contributed by atoms with Gasteiger partial charge in [-0.25, -0.2) is 4.79 Å². The van der Waals surface area contributed by atoms with Crippen molar-refractivity contribution < 1.29 is 4.42 Å². The SMILES string of the molecule is CCc1ccc2c(CNCc3cccc(Cl)c3)cc(=O)oc2c1. The molecule has 0 aliphatic rings. The maximum atomic E-state index is 11.8. The van der Waals surface area contributed by atoms with Crippen LogP contribution in [0.2, 0.25) is 5.02 Å². The van der Waals surface area contributed by atoms with Gasteiger partial charge in [-0.15, -0.1) is 0 Å². The Balaban J connectivity index is 1.81. The molecule has 0 saturated carbocycles. The van der Waals surface area contributed by atoms with Crippen LogP contribution in [0.3, 0.4) is 0 Å². The van der Waals surface area contributed by atoms with E-state index < -0.39 is 0 Å². The lowest BCUT2D eigenvalue weighted by atomic mass is 10.1. The first-order chi connectivity index (χ1) is 11.2. The highest BCUT2D eigenvalue weighted by atomic mass is 35.5. The van der Waals surface area contributed by atoms with Crippen LogP contribution >= 0.6 is 11.6 Å². The smallest absolute Gasteiger partial charge is 0.336 e. The number of hydrogen-bond donors (Lipinski definition) is 1. The monoisotopic (exact) mass is 327 g/mol. The summed E-state index contributed by atoms with van der Waals surface area (Å²) in [5.41, 5.74) is 3.55. The lowest BCUT2D eigenvalue weighted by Crippen LogP contribution is -2.14. The van der Waals surface area contributed by atoms with E-state index in [1.54, 1.807) is 6.07 Å². The molecule has 0 amide bonds. The normalized spacial score (nSPS) is 11.0. The highest BCUT2D eigenvalue weighted by Gasteiger charge is 2.06. The van der Waals surface area contributed by atoms with E-state index in [0.717, 1.165) is 33.5 Å². The molecule has 23 heavy (non-hydrogen) atoms. The molecule has 2 aromatic carbocycles. The van der Waals surface area contributed by atoms with Gasteiger partial charge in [0.1, 0.15) is 5.58 Å². The van der Waals surface area contributed by atoms with Crippen LogP contribution < -0.4 is 10.9 Å². The van der Waals surface area contributed by atoms with Crippen molar-refractivity contribution in [2.75, 3.05) is 0 Å². The predicted molar refractivity (Wildman–Crippen MR) is 93.9 cm³/mol. The van der Waals surface area contributed by atoms with Crippen molar-refractivity contribution in [2.24, 2.45) is 0 Å². The van der Waals surface area contributed by atoms with Gasteiger partial charge in [-0.1, -0.05) is 42.8 Å². The Bertz CT molecular complexity index is 886. The number of benzene rings is 2. The number of fused-ring (bicyclic) bond motifs is 1. The molecule has 3 nitrogen and oxygen atoms in total. The summed E-state index contributed by atoms with van der Waals surface area (Å²) in [4.78, 5) is 11.8. The van der Waals surface area contributed by atoms with Crippen molar-refractivity contribution in [2.45, 2.75) is 26.4 Å². The van der Waals surface area contributed by atoms with E-state index in [0.29, 0.717) is 18.7 Å². The topological polar surface area (TPSA) is 42.2 Å². The van der Waals surface area contributed by atoms with Gasteiger partial charge in [-0.05, 0) is 41.3 Å². The third-order valence-corrected chi connectivity index (χ3v) is 4.07. The van der Waals surface area contributed by atoms with Crippen molar-refractivity contribution in [3.8, 4) is 0 Å². The number of rotatable bonds is 5. The fourth-order valence-corrected chi connectivity index (χ4v) is 2.84. The average Bonchev–Trinajstić information content (AvgIpc) is 2.54. The first-order valence-corrected chi connectivity index (χ1v) is 8.04. The lowest BCUT2D eigenvalue weighted by molar-refractivity contribution is 0.556. The van der Waals surface area contributed by atoms with Gasteiger partial charge in [0.25, 0.3) is 0 Å². The molecule has 0 fully saturated rings. The molecule has 1 N–H and O–H groups in total. The second-order valence-electron chi connectivity index (χ2n) is 5.51. The molecule has 0 bridgehead atoms. The Kier molecular flexibility index (Phi) is 4.79. The summed E-state index contributed by atoms with van der Waals surface area (Å²) in [6.45, 7) is 3.37. The zero-order valence-electron chi connectivity index (χ0n) is 12.9. The van der Waals surface area contributed by atoms with Gasteiger partial charge < -0.3 is 9.73 Å². The molecule has 0 saturated heterocycles. The van der Waals surface area contributed by atoms with E-state index in [1.807, 2.05) is 36.4 Å². The molecular weight excluding hydrogens is 310 g/mol. The van der Waals surface area contributed by atoms with Crippen LogP contribution in [0.25, 0.3) is 11.0 Å². The summed E-state index contributed by atoms with van der Waals surface area (Å²) in [6.07, 6.45) is 0.914. The van der Waals surface area contributed by atoms with E-state index in [-0.39, 0.29) is 5.63 Å². The Morgan fingerprint density at radius 2 is 1.91 bits per heavy atom. The first kappa shape index (κ1) is 15.8. The molecule has 0 spiro atoms. The van der Waals surface area contributed by atoms with Crippen molar-refractivity contribution in [3.63, 3.8) is 0 Å². The first-order valence-electron chi connectivity index (χ1n) is 7.66. The van der Waals surface area contributed by atoms with E-state index in [9.17, 15) is 4.79 Å². The molecule has 4 heteroatoms. The number of halogens is 1. The molecule has 0 radical (unpaired) electrons. The van der Waals surface area contributed by atoms with Gasteiger partial charge in [-0.2, -0.15) is 0 Å². The largest absolute Gasteiger partial charge is 0.423 e. The molecular formula is C19H18ClNO2. The maximum absolute atomic E-state index is 11.8. The fraction of sp³-hybridized carbons (Fsp3) is 0.211. The van der Waals surface area contributed by atoms with Crippen LogP contribution in [-0.4, -0.2) is 0 Å². The van der Waals surface area contributed by atoms with Crippen LogP contribution in [0, 0.1) is 0 Å². The molecule has 3 aromatic rings. The minimum Gasteiger partial charge on any atom is -0.423 e. The van der Waals surface area contributed by atoms with Crippen molar-refractivity contribution in [3.05, 3.63) is 80.7 Å². The van der Waals surface area contributed by atoms with Gasteiger partial charge in [0, 0.05) is 29.6 Å². The Hall–Kier alpha value is -2.10. The van der Waals surface area contributed by atoms with Crippen molar-refractivity contribution >= 4 is 22.6 Å². The van der Waals surface area contributed by atoms with E-state index in [4.69, 9.17) is 16.0 Å². The van der Waals surface area contributed by atoms with Gasteiger partial charge in [0.15, 0.2) is 0 Å². The van der Waals surface area contributed by atoms with Crippen LogP contribution in [0.1, 0.15) is 23.6 Å². The zero-order chi connectivity index (χ0) is 16.2. The molecule has 3 rings (SSSR count). The molecule has 0 aliphatic carbocycles. The van der Waals surface area contributed by atoms with Gasteiger partial charge in [-0.3, -0.25) is 0 Å². The minimum absolute atomic E-state index is 0.315. The quantitative estimate of drug-likeness (QED) is 0.710. The summed E-state index contributed by atoms with van der Waals surface area (Å²) in [7, 11) is 0. The Labute approximate surface area is 139 Å². The third kappa shape index (κ3) is 3.81. The maximum Gasteiger partial charge on any atom is 0.336 e. The zero-order valence-corrected chi connectivity index (χ0v) is 13.7. The fourth-order valence-electron chi connectivity index (χ4n) is 2.63. The van der Waals surface area contributed by atoms with Gasteiger partial charge >= 0.3 is 5.63 Å². The second kappa shape index (κ2) is 6.99. The molecule has 0 aliphatic heterocycles. The number of nitrogens with one attached hydrogen (secondary N) is 1. The molecule has 1 heterocycles. The molecule has 0 unspecified atom stereocenters. The predicted octanol–water partition coefficient (Wildman–Crippen LogP) is 4.30. The minimum atomic E-state index is -0.315. The van der Waals surface area contributed by atoms with E-state index in [1.165, 1.54) is 0 Å².